The molecule has 0 spiro atoms. The van der Waals surface area contributed by atoms with Gasteiger partial charge in [-0.2, -0.15) is 0 Å². The van der Waals surface area contributed by atoms with Crippen LogP contribution >= 0.6 is 0 Å². The van der Waals surface area contributed by atoms with Gasteiger partial charge in [0.25, 0.3) is 0 Å². The van der Waals surface area contributed by atoms with Crippen molar-refractivity contribution >= 4 is 0 Å². The molecule has 0 bridgehead atoms. The van der Waals surface area contributed by atoms with E-state index in [1.807, 2.05) is 13.8 Å². The van der Waals surface area contributed by atoms with Crippen molar-refractivity contribution in [3.63, 3.8) is 0 Å². The van der Waals surface area contributed by atoms with E-state index < -0.39 is 30.5 Å². The first kappa shape index (κ1) is 13.9. The normalized spacial score (nSPS) is 42.0. The maximum atomic E-state index is 9.80. The Bertz CT molecular complexity index is 209. The van der Waals surface area contributed by atoms with Crippen molar-refractivity contribution in [3.8, 4) is 0 Å². The molecule has 6 unspecified atom stereocenters. The predicted molar refractivity (Wildman–Crippen MR) is 57.8 cm³/mol. The van der Waals surface area contributed by atoms with E-state index in [0.717, 1.165) is 12.8 Å². The van der Waals surface area contributed by atoms with Crippen LogP contribution in [0.3, 0.4) is 0 Å². The quantitative estimate of drug-likeness (QED) is 0.514. The minimum absolute atomic E-state index is 0.0798. The Morgan fingerprint density at radius 3 is 2.25 bits per heavy atom. The zero-order valence-electron chi connectivity index (χ0n) is 9.78. The lowest BCUT2D eigenvalue weighted by Gasteiger charge is -2.42. The molecule has 1 rings (SSSR count). The molecule has 5 nitrogen and oxygen atoms in total. The van der Waals surface area contributed by atoms with Gasteiger partial charge in [0.1, 0.15) is 24.4 Å². The van der Waals surface area contributed by atoms with E-state index in [1.165, 1.54) is 0 Å². The van der Waals surface area contributed by atoms with Crippen LogP contribution in [0.25, 0.3) is 0 Å². The average Bonchev–Trinajstić information content (AvgIpc) is 2.27. The van der Waals surface area contributed by atoms with Crippen LogP contribution in [0, 0.1) is 5.92 Å². The third kappa shape index (κ3) is 2.73. The molecule has 0 aromatic carbocycles. The van der Waals surface area contributed by atoms with Gasteiger partial charge in [-0.1, -0.05) is 20.3 Å². The number of aliphatic hydroxyl groups excluding tert-OH is 4. The van der Waals surface area contributed by atoms with E-state index >= 15 is 0 Å². The molecule has 1 fully saturated rings. The van der Waals surface area contributed by atoms with Gasteiger partial charge in [0, 0.05) is 0 Å². The Morgan fingerprint density at radius 1 is 1.12 bits per heavy atom. The fourth-order valence-electron chi connectivity index (χ4n) is 2.22. The summed E-state index contributed by atoms with van der Waals surface area (Å²) in [6.45, 7) is 3.59. The lowest BCUT2D eigenvalue weighted by Crippen LogP contribution is -2.60. The third-order valence-corrected chi connectivity index (χ3v) is 3.23. The highest BCUT2D eigenvalue weighted by Gasteiger charge is 2.44. The molecule has 0 aliphatic carbocycles. The first-order chi connectivity index (χ1) is 7.52. The van der Waals surface area contributed by atoms with Crippen molar-refractivity contribution in [1.82, 2.24) is 0 Å². The van der Waals surface area contributed by atoms with Gasteiger partial charge in [0.2, 0.25) is 0 Å². The van der Waals surface area contributed by atoms with Crippen LogP contribution < -0.4 is 0 Å². The van der Waals surface area contributed by atoms with E-state index in [4.69, 9.17) is 9.84 Å². The molecule has 1 saturated heterocycles. The fraction of sp³-hybridized carbons (Fsp3) is 1.00. The van der Waals surface area contributed by atoms with Crippen molar-refractivity contribution in [2.24, 2.45) is 5.92 Å². The Morgan fingerprint density at radius 2 is 1.75 bits per heavy atom. The van der Waals surface area contributed by atoms with Crippen LogP contribution in [0.2, 0.25) is 0 Å². The molecule has 5 heteroatoms. The second kappa shape index (κ2) is 5.93. The maximum Gasteiger partial charge on any atom is 0.111 e. The number of ether oxygens (including phenoxy) is 1. The standard InChI is InChI=1S/C11H22O5/c1-3-4-6(2)11-10(15)9(14)8(13)7(5-12)16-11/h6-15H,3-5H2,1-2H3. The van der Waals surface area contributed by atoms with Crippen LogP contribution in [0.1, 0.15) is 26.7 Å². The van der Waals surface area contributed by atoms with Crippen molar-refractivity contribution in [2.75, 3.05) is 6.61 Å². The van der Waals surface area contributed by atoms with E-state index in [0.29, 0.717) is 0 Å². The van der Waals surface area contributed by atoms with Crippen LogP contribution in [0.4, 0.5) is 0 Å². The molecule has 0 amide bonds. The van der Waals surface area contributed by atoms with Crippen LogP contribution in [-0.4, -0.2) is 57.6 Å². The van der Waals surface area contributed by atoms with E-state index in [2.05, 4.69) is 0 Å². The highest BCUT2D eigenvalue weighted by Crippen LogP contribution is 2.27. The molecular weight excluding hydrogens is 212 g/mol. The molecule has 0 radical (unpaired) electrons. The van der Waals surface area contributed by atoms with Gasteiger partial charge in [0.05, 0.1) is 12.7 Å². The number of hydrogen-bond donors (Lipinski definition) is 4. The number of hydrogen-bond acceptors (Lipinski definition) is 5. The van der Waals surface area contributed by atoms with Gasteiger partial charge >= 0.3 is 0 Å². The highest BCUT2D eigenvalue weighted by molar-refractivity contribution is 4.93. The topological polar surface area (TPSA) is 90.2 Å². The fourth-order valence-corrected chi connectivity index (χ4v) is 2.22. The van der Waals surface area contributed by atoms with Gasteiger partial charge < -0.3 is 25.2 Å². The lowest BCUT2D eigenvalue weighted by atomic mass is 9.87. The third-order valence-electron chi connectivity index (χ3n) is 3.23. The summed E-state index contributed by atoms with van der Waals surface area (Å²) in [6, 6.07) is 0. The number of rotatable bonds is 4. The Balaban J connectivity index is 2.70. The average molecular weight is 234 g/mol. The summed E-state index contributed by atoms with van der Waals surface area (Å²) in [5, 5.41) is 38.0. The largest absolute Gasteiger partial charge is 0.394 e. The molecule has 16 heavy (non-hydrogen) atoms. The molecule has 4 N–H and O–H groups in total. The van der Waals surface area contributed by atoms with Gasteiger partial charge in [-0.3, -0.25) is 0 Å². The molecular formula is C11H22O5. The Labute approximate surface area is 95.7 Å². The van der Waals surface area contributed by atoms with E-state index in [1.54, 1.807) is 0 Å². The predicted octanol–water partition coefficient (Wildman–Crippen LogP) is -0.735. The monoisotopic (exact) mass is 234 g/mol. The molecule has 96 valence electrons. The second-order valence-electron chi connectivity index (χ2n) is 4.56. The minimum atomic E-state index is -1.25. The summed E-state index contributed by atoms with van der Waals surface area (Å²) < 4.78 is 5.43. The van der Waals surface area contributed by atoms with Crippen LogP contribution in [0.5, 0.6) is 0 Å². The van der Waals surface area contributed by atoms with Crippen molar-refractivity contribution < 1.29 is 25.2 Å². The highest BCUT2D eigenvalue weighted by atomic mass is 16.5. The zero-order chi connectivity index (χ0) is 12.3. The smallest absolute Gasteiger partial charge is 0.111 e. The molecule has 0 aromatic heterocycles. The summed E-state index contributed by atoms with van der Waals surface area (Å²) in [6.07, 6.45) is -3.11. The molecule has 1 aliphatic heterocycles. The summed E-state index contributed by atoms with van der Waals surface area (Å²) in [5.41, 5.74) is 0. The maximum absolute atomic E-state index is 9.80. The van der Waals surface area contributed by atoms with Gasteiger partial charge in [0.15, 0.2) is 0 Å². The summed E-state index contributed by atoms with van der Waals surface area (Å²) >= 11 is 0. The molecule has 0 aromatic rings. The SMILES string of the molecule is CCCC(C)C1OC(CO)C(O)C(O)C1O. The Kier molecular flexibility index (Phi) is 5.14. The summed E-state index contributed by atoms with van der Waals surface area (Å²) in [4.78, 5) is 0. The van der Waals surface area contributed by atoms with Gasteiger partial charge in [-0.05, 0) is 12.3 Å². The van der Waals surface area contributed by atoms with E-state index in [9.17, 15) is 15.3 Å². The molecule has 1 heterocycles. The van der Waals surface area contributed by atoms with Crippen LogP contribution in [-0.2, 0) is 4.74 Å². The van der Waals surface area contributed by atoms with Crippen molar-refractivity contribution in [1.29, 1.82) is 0 Å². The number of aliphatic hydroxyl groups is 4. The first-order valence-electron chi connectivity index (χ1n) is 5.83. The lowest BCUT2D eigenvalue weighted by molar-refractivity contribution is -0.240. The summed E-state index contributed by atoms with van der Waals surface area (Å²) in [7, 11) is 0. The zero-order valence-corrected chi connectivity index (χ0v) is 9.78. The van der Waals surface area contributed by atoms with Gasteiger partial charge in [-0.25, -0.2) is 0 Å². The van der Waals surface area contributed by atoms with Gasteiger partial charge in [-0.15, -0.1) is 0 Å². The van der Waals surface area contributed by atoms with Crippen LogP contribution in [0.15, 0.2) is 0 Å². The molecule has 1 aliphatic rings. The second-order valence-corrected chi connectivity index (χ2v) is 4.56. The molecule has 6 atom stereocenters. The molecule has 0 saturated carbocycles. The van der Waals surface area contributed by atoms with Crippen molar-refractivity contribution in [3.05, 3.63) is 0 Å². The summed E-state index contributed by atoms with van der Waals surface area (Å²) in [5.74, 6) is 0.0798. The van der Waals surface area contributed by atoms with Crippen molar-refractivity contribution in [2.45, 2.75) is 57.2 Å². The Hall–Kier alpha value is -0.200. The first-order valence-corrected chi connectivity index (χ1v) is 5.83. The van der Waals surface area contributed by atoms with E-state index in [-0.39, 0.29) is 12.5 Å². The minimum Gasteiger partial charge on any atom is -0.394 e.